The predicted molar refractivity (Wildman–Crippen MR) is 108 cm³/mol. The second kappa shape index (κ2) is 8.08. The molecule has 14 nitrogen and oxygen atoms in total. The Hall–Kier alpha value is -3.73. The zero-order valence-corrected chi connectivity index (χ0v) is 17.2. The second-order valence-electron chi connectivity index (χ2n) is 6.20. The van der Waals surface area contributed by atoms with Gasteiger partial charge in [-0.05, 0) is 30.3 Å². The minimum atomic E-state index is -4.80. The molecule has 1 aliphatic rings. The van der Waals surface area contributed by atoms with Gasteiger partial charge >= 0.3 is 5.97 Å². The third kappa shape index (κ3) is 4.47. The van der Waals surface area contributed by atoms with Gasteiger partial charge in [-0.3, -0.25) is 13.9 Å². The number of carboxylic acids is 1. The molecule has 5 N–H and O–H groups in total. The van der Waals surface area contributed by atoms with E-state index in [0.29, 0.717) is 5.01 Å². The largest absolute Gasteiger partial charge is 0.477 e. The van der Waals surface area contributed by atoms with Crippen LogP contribution in [0.25, 0.3) is 0 Å². The summed E-state index contributed by atoms with van der Waals surface area (Å²) in [5.74, 6) is -2.85. The highest BCUT2D eigenvalue weighted by Gasteiger charge is 2.42. The molecule has 0 aliphatic carbocycles. The molecular formula is C16H13N5O9S2. The smallest absolute Gasteiger partial charge is 0.355 e. The van der Waals surface area contributed by atoms with Gasteiger partial charge in [0.2, 0.25) is 6.04 Å². The molecule has 0 aromatic heterocycles. The molecule has 1 atom stereocenters. The summed E-state index contributed by atoms with van der Waals surface area (Å²) in [6, 6.07) is 5.81. The molecule has 0 spiro atoms. The third-order valence-electron chi connectivity index (χ3n) is 4.04. The van der Waals surface area contributed by atoms with Crippen molar-refractivity contribution in [1.82, 2.24) is 0 Å². The maximum Gasteiger partial charge on any atom is 0.355 e. The first-order valence-electron chi connectivity index (χ1n) is 8.31. The van der Waals surface area contributed by atoms with E-state index in [-0.39, 0.29) is 5.69 Å². The van der Waals surface area contributed by atoms with E-state index in [1.165, 1.54) is 12.1 Å². The number of nitrogen functional groups attached to an aromatic ring is 1. The van der Waals surface area contributed by atoms with Crippen LogP contribution in [0.3, 0.4) is 0 Å². The first-order valence-corrected chi connectivity index (χ1v) is 11.2. The van der Waals surface area contributed by atoms with Gasteiger partial charge in [0.15, 0.2) is 5.71 Å². The lowest BCUT2D eigenvalue weighted by Gasteiger charge is -2.15. The van der Waals surface area contributed by atoms with E-state index in [4.69, 9.17) is 5.73 Å². The van der Waals surface area contributed by atoms with E-state index in [0.717, 1.165) is 30.3 Å². The summed E-state index contributed by atoms with van der Waals surface area (Å²) in [6.45, 7) is 0. The van der Waals surface area contributed by atoms with Gasteiger partial charge in [0.25, 0.3) is 26.1 Å². The van der Waals surface area contributed by atoms with Crippen LogP contribution >= 0.6 is 0 Å². The van der Waals surface area contributed by atoms with Gasteiger partial charge in [-0.1, -0.05) is 12.1 Å². The summed E-state index contributed by atoms with van der Waals surface area (Å²) < 4.78 is 64.9. The highest BCUT2D eigenvalue weighted by atomic mass is 32.2. The first-order chi connectivity index (χ1) is 14.8. The van der Waals surface area contributed by atoms with Crippen LogP contribution in [0.1, 0.15) is 0 Å². The normalized spacial score (nSPS) is 17.1. The molecule has 168 valence electrons. The molecule has 2 aromatic carbocycles. The Morgan fingerprint density at radius 1 is 1.03 bits per heavy atom. The Bertz CT molecular complexity index is 1400. The van der Waals surface area contributed by atoms with E-state index in [1.54, 1.807) is 0 Å². The number of anilines is 2. The molecule has 1 unspecified atom stereocenters. The number of para-hydroxylation sites is 1. The van der Waals surface area contributed by atoms with Crippen LogP contribution in [0, 0.1) is 0 Å². The van der Waals surface area contributed by atoms with E-state index >= 15 is 0 Å². The number of benzene rings is 2. The van der Waals surface area contributed by atoms with E-state index in [2.05, 4.69) is 15.3 Å². The number of hydrogen-bond donors (Lipinski definition) is 4. The van der Waals surface area contributed by atoms with Gasteiger partial charge in [-0.2, -0.15) is 37.2 Å². The minimum Gasteiger partial charge on any atom is -0.477 e. The zero-order valence-electron chi connectivity index (χ0n) is 15.6. The van der Waals surface area contributed by atoms with Crippen LogP contribution < -0.4 is 10.7 Å². The topological polar surface area (TPSA) is 229 Å². The molecule has 0 radical (unpaired) electrons. The number of carbonyl (C=O) groups is 2. The summed E-state index contributed by atoms with van der Waals surface area (Å²) in [6.07, 6.45) is 0. The standard InChI is InChI=1S/C16H13N5O9S2/c17-8-5-6-11(31(25,26)27)9(7-8)18-19-13-14(16(23)24)20-21(15(13)22)10-3-1-2-4-12(10)32(28,29)30/h1-7,13H,17H2,(H,23,24)(H,25,26,27)(H,28,29,30). The average molecular weight is 483 g/mol. The third-order valence-corrected chi connectivity index (χ3v) is 5.84. The fourth-order valence-corrected chi connectivity index (χ4v) is 3.96. The number of nitrogens with two attached hydrogens (primary N) is 1. The minimum absolute atomic E-state index is 0.0277. The maximum atomic E-state index is 12.8. The number of hydrazone groups is 1. The quantitative estimate of drug-likeness (QED) is 0.255. The summed E-state index contributed by atoms with van der Waals surface area (Å²) in [5, 5.41) is 20.5. The molecule has 0 saturated heterocycles. The zero-order chi connectivity index (χ0) is 23.8. The van der Waals surface area contributed by atoms with Gasteiger partial charge in [-0.15, -0.1) is 0 Å². The van der Waals surface area contributed by atoms with Crippen molar-refractivity contribution in [3.8, 4) is 0 Å². The molecule has 1 aliphatic heterocycles. The van der Waals surface area contributed by atoms with Crippen molar-refractivity contribution in [2.45, 2.75) is 15.8 Å². The summed E-state index contributed by atoms with van der Waals surface area (Å²) >= 11 is 0. The highest BCUT2D eigenvalue weighted by molar-refractivity contribution is 7.86. The van der Waals surface area contributed by atoms with Crippen molar-refractivity contribution in [3.05, 3.63) is 42.5 Å². The average Bonchev–Trinajstić information content (AvgIpc) is 3.01. The second-order valence-corrected chi connectivity index (χ2v) is 8.98. The Morgan fingerprint density at radius 2 is 1.66 bits per heavy atom. The van der Waals surface area contributed by atoms with Crippen molar-refractivity contribution < 1.29 is 40.6 Å². The number of carboxylic acid groups (broad SMARTS) is 1. The number of rotatable bonds is 6. The molecule has 1 heterocycles. The lowest BCUT2D eigenvalue weighted by atomic mass is 10.2. The van der Waals surface area contributed by atoms with Crippen molar-refractivity contribution in [2.24, 2.45) is 15.3 Å². The van der Waals surface area contributed by atoms with Gasteiger partial charge < -0.3 is 10.8 Å². The van der Waals surface area contributed by atoms with Crippen molar-refractivity contribution >= 4 is 54.9 Å². The Kier molecular flexibility index (Phi) is 5.79. The van der Waals surface area contributed by atoms with E-state index in [1.807, 2.05) is 0 Å². The van der Waals surface area contributed by atoms with Crippen LogP contribution in [0.4, 0.5) is 17.1 Å². The lowest BCUT2D eigenvalue weighted by molar-refractivity contribution is -0.130. The fourth-order valence-electron chi connectivity index (χ4n) is 2.68. The SMILES string of the molecule is Nc1ccc(S(=O)(=O)O)c(N=NC2C(=O)N(c3ccccc3S(=O)(=O)O)N=C2C(=O)O)c1. The van der Waals surface area contributed by atoms with Crippen LogP contribution in [-0.2, 0) is 29.8 Å². The number of amides is 1. The number of carbonyl (C=O) groups excluding carboxylic acids is 1. The fraction of sp³-hybridized carbons (Fsp3) is 0.0625. The van der Waals surface area contributed by atoms with Crippen LogP contribution in [-0.4, -0.2) is 54.7 Å². The van der Waals surface area contributed by atoms with Crippen molar-refractivity contribution in [2.75, 3.05) is 10.7 Å². The maximum absolute atomic E-state index is 12.8. The molecule has 3 rings (SSSR count). The number of hydrogen-bond acceptors (Lipinski definition) is 10. The Labute approximate surface area is 180 Å². The number of azo groups is 1. The molecule has 0 saturated carbocycles. The Balaban J connectivity index is 2.08. The molecule has 0 fully saturated rings. The molecular weight excluding hydrogens is 470 g/mol. The van der Waals surface area contributed by atoms with E-state index in [9.17, 15) is 40.6 Å². The summed E-state index contributed by atoms with van der Waals surface area (Å²) in [7, 11) is -9.57. The van der Waals surface area contributed by atoms with Crippen LogP contribution in [0.15, 0.2) is 67.6 Å². The van der Waals surface area contributed by atoms with Gasteiger partial charge in [0.1, 0.15) is 15.5 Å². The molecule has 32 heavy (non-hydrogen) atoms. The van der Waals surface area contributed by atoms with Gasteiger partial charge in [0, 0.05) is 5.69 Å². The Morgan fingerprint density at radius 3 is 2.25 bits per heavy atom. The first kappa shape index (κ1) is 22.9. The molecule has 16 heteroatoms. The van der Waals surface area contributed by atoms with Gasteiger partial charge in [0.05, 0.1) is 5.69 Å². The predicted octanol–water partition coefficient (Wildman–Crippen LogP) is 0.702. The molecule has 2 aromatic rings. The van der Waals surface area contributed by atoms with Crippen molar-refractivity contribution in [1.29, 1.82) is 0 Å². The molecule has 0 bridgehead atoms. The molecule has 1 amide bonds. The van der Waals surface area contributed by atoms with Crippen LogP contribution in [0.2, 0.25) is 0 Å². The summed E-state index contributed by atoms with van der Waals surface area (Å²) in [5.41, 5.74) is 3.80. The van der Waals surface area contributed by atoms with E-state index < -0.39 is 65.0 Å². The lowest BCUT2D eigenvalue weighted by Crippen LogP contribution is -2.33. The number of aliphatic carboxylic acids is 1. The highest BCUT2D eigenvalue weighted by Crippen LogP contribution is 2.31. The number of nitrogens with zero attached hydrogens (tertiary/aromatic N) is 4. The van der Waals surface area contributed by atoms with Gasteiger partial charge in [-0.25, -0.2) is 4.79 Å². The van der Waals surface area contributed by atoms with Crippen LogP contribution in [0.5, 0.6) is 0 Å². The summed E-state index contributed by atoms with van der Waals surface area (Å²) in [4.78, 5) is 22.9. The monoisotopic (exact) mass is 483 g/mol. The van der Waals surface area contributed by atoms with Crippen molar-refractivity contribution in [3.63, 3.8) is 0 Å².